The molecular weight excluding hydrogens is 248 g/mol. The zero-order valence-corrected chi connectivity index (χ0v) is 11.2. The molecule has 0 saturated heterocycles. The highest BCUT2D eigenvalue weighted by molar-refractivity contribution is 6.29. The average Bonchev–Trinajstić information content (AvgIpc) is 2.36. The molecule has 0 fully saturated rings. The van der Waals surface area contributed by atoms with Crippen LogP contribution in [0.4, 0.5) is 5.82 Å². The maximum absolute atomic E-state index is 5.93. The molecule has 0 radical (unpaired) electrons. The van der Waals surface area contributed by atoms with Crippen molar-refractivity contribution in [2.24, 2.45) is 0 Å². The number of likely N-dealkylation sites (N-methyl/N-ethyl adjacent to an activating group) is 1. The summed E-state index contributed by atoms with van der Waals surface area (Å²) < 4.78 is 0. The van der Waals surface area contributed by atoms with Gasteiger partial charge in [-0.3, -0.25) is 4.98 Å². The van der Waals surface area contributed by atoms with Crippen molar-refractivity contribution in [3.8, 4) is 0 Å². The number of nitrogens with zero attached hydrogens (tertiary/aromatic N) is 4. The van der Waals surface area contributed by atoms with Crippen LogP contribution in [0.3, 0.4) is 0 Å². The standard InChI is InChI=1S/C13H15ClN4/c1-10-16-12(14)9-13(17-10)18(2)8-5-11-3-6-15-7-4-11/h3-4,6-7,9H,5,8H2,1-2H3. The zero-order valence-electron chi connectivity index (χ0n) is 10.5. The van der Waals surface area contributed by atoms with E-state index in [4.69, 9.17) is 11.6 Å². The molecule has 0 bridgehead atoms. The third kappa shape index (κ3) is 3.40. The lowest BCUT2D eigenvalue weighted by atomic mass is 10.2. The molecule has 0 spiro atoms. The van der Waals surface area contributed by atoms with Crippen molar-refractivity contribution < 1.29 is 0 Å². The van der Waals surface area contributed by atoms with Gasteiger partial charge in [0.2, 0.25) is 0 Å². The van der Waals surface area contributed by atoms with Crippen molar-refractivity contribution in [1.82, 2.24) is 15.0 Å². The molecular formula is C13H15ClN4. The van der Waals surface area contributed by atoms with Crippen LogP contribution < -0.4 is 4.90 Å². The lowest BCUT2D eigenvalue weighted by molar-refractivity contribution is 0.847. The van der Waals surface area contributed by atoms with Crippen LogP contribution >= 0.6 is 11.6 Å². The van der Waals surface area contributed by atoms with E-state index >= 15 is 0 Å². The maximum Gasteiger partial charge on any atom is 0.134 e. The van der Waals surface area contributed by atoms with Crippen LogP contribution in [0.1, 0.15) is 11.4 Å². The summed E-state index contributed by atoms with van der Waals surface area (Å²) in [6.45, 7) is 2.71. The molecule has 94 valence electrons. The minimum Gasteiger partial charge on any atom is -0.359 e. The third-order valence-corrected chi connectivity index (χ3v) is 2.86. The van der Waals surface area contributed by atoms with E-state index in [0.717, 1.165) is 18.8 Å². The Bertz CT molecular complexity index is 495. The Morgan fingerprint density at radius 3 is 2.61 bits per heavy atom. The molecule has 0 saturated carbocycles. The molecule has 0 aliphatic carbocycles. The van der Waals surface area contributed by atoms with Gasteiger partial charge >= 0.3 is 0 Å². The van der Waals surface area contributed by atoms with Gasteiger partial charge in [0.1, 0.15) is 16.8 Å². The van der Waals surface area contributed by atoms with Gasteiger partial charge in [0.25, 0.3) is 0 Å². The van der Waals surface area contributed by atoms with Gasteiger partial charge in [-0.2, -0.15) is 0 Å². The number of aromatic nitrogens is 3. The molecule has 4 nitrogen and oxygen atoms in total. The fraction of sp³-hybridized carbons (Fsp3) is 0.308. The first-order valence-corrected chi connectivity index (χ1v) is 6.14. The van der Waals surface area contributed by atoms with Crippen molar-refractivity contribution in [3.05, 3.63) is 47.1 Å². The van der Waals surface area contributed by atoms with E-state index in [2.05, 4.69) is 19.9 Å². The maximum atomic E-state index is 5.93. The van der Waals surface area contributed by atoms with Crippen LogP contribution in [0.15, 0.2) is 30.6 Å². The first kappa shape index (κ1) is 12.8. The SMILES string of the molecule is Cc1nc(Cl)cc(N(C)CCc2ccncc2)n1. The van der Waals surface area contributed by atoms with Gasteiger partial charge < -0.3 is 4.90 Å². The highest BCUT2D eigenvalue weighted by Gasteiger charge is 2.05. The van der Waals surface area contributed by atoms with E-state index in [1.165, 1.54) is 5.56 Å². The number of anilines is 1. The number of hydrogen-bond acceptors (Lipinski definition) is 4. The second-order valence-electron chi connectivity index (χ2n) is 4.12. The van der Waals surface area contributed by atoms with E-state index in [-0.39, 0.29) is 0 Å². The highest BCUT2D eigenvalue weighted by atomic mass is 35.5. The number of hydrogen-bond donors (Lipinski definition) is 0. The van der Waals surface area contributed by atoms with E-state index < -0.39 is 0 Å². The fourth-order valence-corrected chi connectivity index (χ4v) is 1.89. The molecule has 18 heavy (non-hydrogen) atoms. The van der Waals surface area contributed by atoms with Crippen LogP contribution in [-0.2, 0) is 6.42 Å². The monoisotopic (exact) mass is 262 g/mol. The summed E-state index contributed by atoms with van der Waals surface area (Å²) in [6.07, 6.45) is 4.56. The quantitative estimate of drug-likeness (QED) is 0.794. The number of halogens is 1. The van der Waals surface area contributed by atoms with Gasteiger partial charge in [-0.1, -0.05) is 11.6 Å². The summed E-state index contributed by atoms with van der Waals surface area (Å²) in [7, 11) is 2.00. The first-order valence-electron chi connectivity index (χ1n) is 5.76. The van der Waals surface area contributed by atoms with Gasteiger partial charge in [-0.15, -0.1) is 0 Å². The predicted molar refractivity (Wildman–Crippen MR) is 73.0 cm³/mol. The molecule has 2 aromatic rings. The lowest BCUT2D eigenvalue weighted by Crippen LogP contribution is -2.21. The van der Waals surface area contributed by atoms with Gasteiger partial charge in [0, 0.05) is 32.1 Å². The second kappa shape index (κ2) is 5.78. The van der Waals surface area contributed by atoms with Crippen molar-refractivity contribution in [1.29, 1.82) is 0 Å². The minimum atomic E-state index is 0.480. The van der Waals surface area contributed by atoms with Gasteiger partial charge in [0.15, 0.2) is 0 Å². The molecule has 0 aromatic carbocycles. The minimum absolute atomic E-state index is 0.480. The summed E-state index contributed by atoms with van der Waals surface area (Å²) in [5.41, 5.74) is 1.26. The molecule has 0 N–H and O–H groups in total. The molecule has 0 atom stereocenters. The molecule has 0 aliphatic rings. The third-order valence-electron chi connectivity index (χ3n) is 2.67. The summed E-state index contributed by atoms with van der Waals surface area (Å²) in [5, 5.41) is 0.480. The summed E-state index contributed by atoms with van der Waals surface area (Å²) in [4.78, 5) is 14.5. The van der Waals surface area contributed by atoms with Crippen LogP contribution in [-0.4, -0.2) is 28.5 Å². The Morgan fingerprint density at radius 2 is 1.94 bits per heavy atom. The number of aryl methyl sites for hydroxylation is 1. The smallest absolute Gasteiger partial charge is 0.134 e. The normalized spacial score (nSPS) is 10.4. The van der Waals surface area contributed by atoms with Crippen molar-refractivity contribution in [2.45, 2.75) is 13.3 Å². The van der Waals surface area contributed by atoms with Crippen LogP contribution in [0.2, 0.25) is 5.15 Å². The molecule has 2 aromatic heterocycles. The second-order valence-corrected chi connectivity index (χ2v) is 4.51. The van der Waals surface area contributed by atoms with Crippen molar-refractivity contribution in [3.63, 3.8) is 0 Å². The van der Waals surface area contributed by atoms with Gasteiger partial charge in [0.05, 0.1) is 0 Å². The fourth-order valence-electron chi connectivity index (χ4n) is 1.67. The average molecular weight is 263 g/mol. The van der Waals surface area contributed by atoms with Crippen molar-refractivity contribution >= 4 is 17.4 Å². The summed E-state index contributed by atoms with van der Waals surface area (Å²) >= 11 is 5.93. The Hall–Kier alpha value is -1.68. The van der Waals surface area contributed by atoms with E-state index in [0.29, 0.717) is 11.0 Å². The van der Waals surface area contributed by atoms with Gasteiger partial charge in [-0.25, -0.2) is 9.97 Å². The predicted octanol–water partition coefficient (Wildman–Crippen LogP) is 2.51. The summed E-state index contributed by atoms with van der Waals surface area (Å²) in [6, 6.07) is 5.82. The number of pyridine rings is 1. The highest BCUT2D eigenvalue weighted by Crippen LogP contribution is 2.15. The first-order chi connectivity index (χ1) is 8.65. The van der Waals surface area contributed by atoms with Crippen LogP contribution in [0.25, 0.3) is 0 Å². The Balaban J connectivity index is 2.01. The summed E-state index contributed by atoms with van der Waals surface area (Å²) in [5.74, 6) is 1.54. The zero-order chi connectivity index (χ0) is 13.0. The number of rotatable bonds is 4. The van der Waals surface area contributed by atoms with Crippen LogP contribution in [0.5, 0.6) is 0 Å². The largest absolute Gasteiger partial charge is 0.359 e. The Kier molecular flexibility index (Phi) is 4.10. The van der Waals surface area contributed by atoms with Crippen LogP contribution in [0, 0.1) is 6.92 Å². The van der Waals surface area contributed by atoms with Gasteiger partial charge in [-0.05, 0) is 31.0 Å². The molecule has 2 rings (SSSR count). The lowest BCUT2D eigenvalue weighted by Gasteiger charge is -2.18. The van der Waals surface area contributed by atoms with Crippen molar-refractivity contribution in [2.75, 3.05) is 18.5 Å². The molecule has 0 aliphatic heterocycles. The Morgan fingerprint density at radius 1 is 1.22 bits per heavy atom. The molecule has 2 heterocycles. The Labute approximate surface area is 112 Å². The van der Waals surface area contributed by atoms with E-state index in [1.54, 1.807) is 18.5 Å². The molecule has 0 amide bonds. The molecule has 5 heteroatoms. The van der Waals surface area contributed by atoms with E-state index in [1.807, 2.05) is 26.1 Å². The topological polar surface area (TPSA) is 41.9 Å². The molecule has 0 unspecified atom stereocenters. The van der Waals surface area contributed by atoms with E-state index in [9.17, 15) is 0 Å².